The van der Waals surface area contributed by atoms with Crippen LogP contribution in [0.5, 0.6) is 17.2 Å². The van der Waals surface area contributed by atoms with E-state index >= 15 is 0 Å². The van der Waals surface area contributed by atoms with E-state index in [1.54, 1.807) is 0 Å². The molecule has 1 atom stereocenters. The summed E-state index contributed by atoms with van der Waals surface area (Å²) in [7, 11) is 0. The fraction of sp³-hybridized carbons (Fsp3) is 0.432. The highest BCUT2D eigenvalue weighted by atomic mass is 19.4. The molecule has 1 heterocycles. The molecule has 19 heteroatoms. The third-order valence-electron chi connectivity index (χ3n) is 8.35. The first-order valence-electron chi connectivity index (χ1n) is 18.1. The quantitative estimate of drug-likeness (QED) is 0.0289. The van der Waals surface area contributed by atoms with Gasteiger partial charge < -0.3 is 53.3 Å². The van der Waals surface area contributed by atoms with E-state index in [0.717, 1.165) is 18.2 Å². The van der Waals surface area contributed by atoms with Gasteiger partial charge in [-0.3, -0.25) is 9.79 Å². The van der Waals surface area contributed by atoms with Crippen LogP contribution in [0.3, 0.4) is 0 Å². The van der Waals surface area contributed by atoms with Gasteiger partial charge in [0.05, 0.1) is 22.5 Å². The Morgan fingerprint density at radius 1 is 0.893 bits per heavy atom. The molecule has 1 aliphatic heterocycles. The molecule has 3 aromatic rings. The second-order valence-corrected chi connectivity index (χ2v) is 13.0. The van der Waals surface area contributed by atoms with E-state index in [9.17, 15) is 35.9 Å². The highest BCUT2D eigenvalue weighted by Gasteiger charge is 2.34. The number of amides is 3. The number of halogens is 6. The molecule has 0 aromatic heterocycles. The summed E-state index contributed by atoms with van der Waals surface area (Å²) in [5.41, 5.74) is 14.6. The molecule has 0 spiro atoms. The van der Waals surface area contributed by atoms with Crippen molar-refractivity contribution in [3.63, 3.8) is 0 Å². The summed E-state index contributed by atoms with van der Waals surface area (Å²) in [6.45, 7) is 3.82. The highest BCUT2D eigenvalue weighted by molar-refractivity contribution is 6.03. The predicted molar refractivity (Wildman–Crippen MR) is 203 cm³/mol. The average Bonchev–Trinajstić information content (AvgIpc) is 3.64. The summed E-state index contributed by atoms with van der Waals surface area (Å²) in [6, 6.07) is 8.24. The predicted octanol–water partition coefficient (Wildman–Crippen LogP) is 7.00. The van der Waals surface area contributed by atoms with Crippen LogP contribution < -0.4 is 53.3 Å². The van der Waals surface area contributed by atoms with Crippen LogP contribution in [0.25, 0.3) is 0 Å². The first kappa shape index (κ1) is 43.3. The van der Waals surface area contributed by atoms with Gasteiger partial charge in [-0.15, -0.1) is 0 Å². The van der Waals surface area contributed by atoms with E-state index in [1.807, 2.05) is 6.92 Å². The number of alkyl halides is 6. The molecule has 0 aliphatic carbocycles. The number of hydrogen-bond donors (Lipinski definition) is 8. The van der Waals surface area contributed by atoms with Gasteiger partial charge in [-0.2, -0.15) is 26.3 Å². The van der Waals surface area contributed by atoms with Gasteiger partial charge in [0, 0.05) is 43.5 Å². The zero-order valence-corrected chi connectivity index (χ0v) is 30.8. The maximum absolute atomic E-state index is 14.2. The lowest BCUT2D eigenvalue weighted by Gasteiger charge is -2.22. The number of hydrogen-bond acceptors (Lipinski definition) is 8. The van der Waals surface area contributed by atoms with E-state index in [0.29, 0.717) is 69.8 Å². The molecule has 0 unspecified atom stereocenters. The standard InChI is InChI=1S/C37H47F6N9O4/c1-2-12-48-26-16-23(36(38,39)40)17-28(20-26)55-31-9-8-25(15-22(31)6-5-11-44)50-35(54)52-30-19-24(37(41,42)43)18-29(33(30)56-27-10-14-47-21-27)51-32(53)7-3-4-13-49-34(45)46/h8-9,15-20,27,47-48H,2-7,10-14,21,44H2,1H3,(H,51,53)(H4,45,46,49)(H2,50,52,54)/t27-/m1/s1. The second-order valence-electron chi connectivity index (χ2n) is 13.0. The van der Waals surface area contributed by atoms with Gasteiger partial charge in [0.1, 0.15) is 17.6 Å². The van der Waals surface area contributed by atoms with Crippen LogP contribution in [-0.4, -0.2) is 56.7 Å². The fourth-order valence-corrected chi connectivity index (χ4v) is 5.67. The van der Waals surface area contributed by atoms with Gasteiger partial charge in [0.15, 0.2) is 11.7 Å². The zero-order chi connectivity index (χ0) is 40.9. The van der Waals surface area contributed by atoms with Gasteiger partial charge in [-0.1, -0.05) is 6.92 Å². The first-order valence-corrected chi connectivity index (χ1v) is 18.1. The number of aryl methyl sites for hydroxylation is 1. The van der Waals surface area contributed by atoms with Crippen LogP contribution in [0.4, 0.5) is 53.9 Å². The number of rotatable bonds is 18. The number of nitrogens with two attached hydrogens (primary N) is 3. The fourth-order valence-electron chi connectivity index (χ4n) is 5.67. The number of guanidine groups is 1. The van der Waals surface area contributed by atoms with Crippen molar-refractivity contribution < 1.29 is 45.4 Å². The number of nitrogens with zero attached hydrogens (tertiary/aromatic N) is 1. The molecule has 0 radical (unpaired) electrons. The molecule has 4 rings (SSSR count). The monoisotopic (exact) mass is 795 g/mol. The van der Waals surface area contributed by atoms with E-state index in [2.05, 4.69) is 31.6 Å². The zero-order valence-electron chi connectivity index (χ0n) is 30.8. The Bertz CT molecular complexity index is 1830. The average molecular weight is 796 g/mol. The molecular formula is C37H47F6N9O4. The van der Waals surface area contributed by atoms with Crippen molar-refractivity contribution in [3.05, 3.63) is 65.2 Å². The molecule has 3 aromatic carbocycles. The van der Waals surface area contributed by atoms with Crippen molar-refractivity contribution in [2.45, 2.75) is 70.3 Å². The van der Waals surface area contributed by atoms with Crippen LogP contribution in [0.1, 0.15) is 62.1 Å². The summed E-state index contributed by atoms with van der Waals surface area (Å²) in [4.78, 5) is 30.1. The van der Waals surface area contributed by atoms with Crippen LogP contribution in [0.2, 0.25) is 0 Å². The lowest BCUT2D eigenvalue weighted by atomic mass is 10.1. The maximum Gasteiger partial charge on any atom is 0.416 e. The molecule has 3 amide bonds. The molecule has 0 saturated carbocycles. The van der Waals surface area contributed by atoms with Crippen molar-refractivity contribution in [1.29, 1.82) is 0 Å². The van der Waals surface area contributed by atoms with Crippen molar-refractivity contribution >= 4 is 40.6 Å². The Balaban J connectivity index is 1.61. The molecule has 0 bridgehead atoms. The number of urea groups is 1. The molecule has 1 saturated heterocycles. The molecule has 11 N–H and O–H groups in total. The van der Waals surface area contributed by atoms with Crippen LogP contribution in [0, 0.1) is 0 Å². The number of ether oxygens (including phenoxy) is 2. The Labute approximate surface area is 320 Å². The minimum absolute atomic E-state index is 0.0548. The minimum atomic E-state index is -4.86. The van der Waals surface area contributed by atoms with Crippen LogP contribution >= 0.6 is 0 Å². The smallest absolute Gasteiger partial charge is 0.416 e. The molecule has 1 fully saturated rings. The lowest BCUT2D eigenvalue weighted by molar-refractivity contribution is -0.138. The molecule has 1 aliphatic rings. The summed E-state index contributed by atoms with van der Waals surface area (Å²) < 4.78 is 95.6. The van der Waals surface area contributed by atoms with Crippen molar-refractivity contribution in [2.75, 3.05) is 54.0 Å². The third kappa shape index (κ3) is 13.4. The van der Waals surface area contributed by atoms with Gasteiger partial charge in [0.25, 0.3) is 0 Å². The molecular weight excluding hydrogens is 748 g/mol. The van der Waals surface area contributed by atoms with E-state index in [4.69, 9.17) is 26.7 Å². The van der Waals surface area contributed by atoms with Gasteiger partial charge in [-0.25, -0.2) is 4.79 Å². The van der Waals surface area contributed by atoms with E-state index in [1.165, 1.54) is 24.3 Å². The molecule has 56 heavy (non-hydrogen) atoms. The summed E-state index contributed by atoms with van der Waals surface area (Å²) in [6.07, 6.45) is -7.26. The van der Waals surface area contributed by atoms with Crippen molar-refractivity contribution in [2.24, 2.45) is 22.2 Å². The van der Waals surface area contributed by atoms with E-state index in [-0.39, 0.29) is 65.5 Å². The Kier molecular flexibility index (Phi) is 15.4. The lowest BCUT2D eigenvalue weighted by Crippen LogP contribution is -2.25. The van der Waals surface area contributed by atoms with Crippen LogP contribution in [0.15, 0.2) is 53.5 Å². The Hall–Kier alpha value is -5.43. The van der Waals surface area contributed by atoms with Gasteiger partial charge >= 0.3 is 18.4 Å². The number of aliphatic imine (C=N–C) groups is 1. The molecule has 13 nitrogen and oxygen atoms in total. The summed E-state index contributed by atoms with van der Waals surface area (Å²) in [5, 5.41) is 13.6. The van der Waals surface area contributed by atoms with Gasteiger partial charge in [-0.05, 0) is 99.6 Å². The summed E-state index contributed by atoms with van der Waals surface area (Å²) in [5.74, 6) is -0.733. The van der Waals surface area contributed by atoms with Crippen molar-refractivity contribution in [3.8, 4) is 17.2 Å². The number of carbonyl (C=O) groups is 2. The first-order chi connectivity index (χ1) is 26.5. The number of carbonyl (C=O) groups excluding carboxylic acids is 2. The third-order valence-corrected chi connectivity index (χ3v) is 8.35. The minimum Gasteiger partial charge on any atom is -0.485 e. The largest absolute Gasteiger partial charge is 0.485 e. The SMILES string of the molecule is CCCNc1cc(Oc2ccc(NC(=O)Nc3cc(C(F)(F)F)cc(NC(=O)CCCCN=C(N)N)c3O[C@@H]3CCNC3)cc2CCCN)cc(C(F)(F)F)c1. The number of benzene rings is 3. The van der Waals surface area contributed by atoms with Crippen molar-refractivity contribution in [1.82, 2.24) is 5.32 Å². The highest BCUT2D eigenvalue weighted by Crippen LogP contribution is 2.42. The Morgan fingerprint density at radius 3 is 2.25 bits per heavy atom. The number of unbranched alkanes of at least 4 members (excludes halogenated alkanes) is 1. The van der Waals surface area contributed by atoms with Gasteiger partial charge in [0.2, 0.25) is 5.91 Å². The maximum atomic E-state index is 14.2. The number of anilines is 4. The topological polar surface area (TPSA) is 203 Å². The second kappa shape index (κ2) is 19.9. The number of nitrogens with one attached hydrogen (secondary N) is 5. The van der Waals surface area contributed by atoms with E-state index < -0.39 is 41.5 Å². The Morgan fingerprint density at radius 2 is 1.61 bits per heavy atom. The summed E-state index contributed by atoms with van der Waals surface area (Å²) >= 11 is 0. The normalized spacial score (nSPS) is 14.2. The molecule has 306 valence electrons. The van der Waals surface area contributed by atoms with Crippen LogP contribution in [-0.2, 0) is 23.6 Å².